The van der Waals surface area contributed by atoms with Crippen LogP contribution < -0.4 is 5.73 Å². The van der Waals surface area contributed by atoms with E-state index < -0.39 is 0 Å². The molecule has 0 spiro atoms. The molecular formula is C7H14N2S. The average Bonchev–Trinajstić information content (AvgIpc) is 1.88. The highest BCUT2D eigenvalue weighted by Gasteiger charge is 2.24. The van der Waals surface area contributed by atoms with Crippen molar-refractivity contribution in [2.75, 3.05) is 5.75 Å². The predicted octanol–water partition coefficient (Wildman–Crippen LogP) is 1.61. The summed E-state index contributed by atoms with van der Waals surface area (Å²) in [5.41, 5.74) is 5.73. The monoisotopic (exact) mass is 158 g/mol. The number of aliphatic imine (C=N–C) groups is 1. The summed E-state index contributed by atoms with van der Waals surface area (Å²) < 4.78 is 0. The Morgan fingerprint density at radius 1 is 1.80 bits per heavy atom. The van der Waals surface area contributed by atoms with Crippen molar-refractivity contribution in [2.24, 2.45) is 10.7 Å². The van der Waals surface area contributed by atoms with Gasteiger partial charge in [0.15, 0.2) is 5.17 Å². The third-order valence-electron chi connectivity index (χ3n) is 2.03. The molecule has 1 unspecified atom stereocenters. The highest BCUT2D eigenvalue weighted by molar-refractivity contribution is 8.13. The molecule has 0 radical (unpaired) electrons. The number of amidine groups is 1. The lowest BCUT2D eigenvalue weighted by atomic mass is 9.97. The van der Waals surface area contributed by atoms with Gasteiger partial charge in [-0.05, 0) is 19.8 Å². The van der Waals surface area contributed by atoms with Crippen molar-refractivity contribution >= 4 is 16.9 Å². The molecule has 0 aromatic heterocycles. The Hall–Kier alpha value is -0.180. The van der Waals surface area contributed by atoms with Gasteiger partial charge in [-0.25, -0.2) is 0 Å². The lowest BCUT2D eigenvalue weighted by Gasteiger charge is -2.27. The molecule has 58 valence electrons. The molecule has 2 N–H and O–H groups in total. The Kier molecular flexibility index (Phi) is 2.24. The zero-order valence-electron chi connectivity index (χ0n) is 6.55. The Morgan fingerprint density at radius 3 is 2.90 bits per heavy atom. The van der Waals surface area contributed by atoms with Crippen LogP contribution in [0.1, 0.15) is 26.7 Å². The molecule has 1 aliphatic rings. The first kappa shape index (κ1) is 7.92. The van der Waals surface area contributed by atoms with Crippen molar-refractivity contribution in [3.8, 4) is 0 Å². The van der Waals surface area contributed by atoms with E-state index in [1.54, 1.807) is 11.8 Å². The van der Waals surface area contributed by atoms with Crippen molar-refractivity contribution in [3.63, 3.8) is 0 Å². The number of nitrogens with zero attached hydrogens (tertiary/aromatic N) is 1. The van der Waals surface area contributed by atoms with E-state index in [1.165, 1.54) is 0 Å². The summed E-state index contributed by atoms with van der Waals surface area (Å²) in [6, 6.07) is 0. The lowest BCUT2D eigenvalue weighted by Crippen LogP contribution is -2.29. The van der Waals surface area contributed by atoms with Crippen LogP contribution >= 0.6 is 11.8 Å². The molecule has 3 heteroatoms. The third kappa shape index (κ3) is 1.66. The van der Waals surface area contributed by atoms with Gasteiger partial charge in [0.25, 0.3) is 0 Å². The van der Waals surface area contributed by atoms with E-state index in [2.05, 4.69) is 18.8 Å². The van der Waals surface area contributed by atoms with E-state index in [0.717, 1.165) is 23.8 Å². The zero-order chi connectivity index (χ0) is 7.61. The van der Waals surface area contributed by atoms with Gasteiger partial charge >= 0.3 is 0 Å². The molecule has 0 aromatic carbocycles. The van der Waals surface area contributed by atoms with Gasteiger partial charge in [-0.1, -0.05) is 18.7 Å². The first-order valence-electron chi connectivity index (χ1n) is 3.64. The van der Waals surface area contributed by atoms with Gasteiger partial charge in [-0.3, -0.25) is 4.99 Å². The minimum absolute atomic E-state index is 0.134. The molecule has 1 rings (SSSR count). The van der Waals surface area contributed by atoms with Crippen molar-refractivity contribution in [2.45, 2.75) is 32.2 Å². The highest BCUT2D eigenvalue weighted by Crippen LogP contribution is 2.27. The number of rotatable bonds is 1. The molecule has 0 fully saturated rings. The summed E-state index contributed by atoms with van der Waals surface area (Å²) in [7, 11) is 0. The highest BCUT2D eigenvalue weighted by atomic mass is 32.2. The molecule has 0 aromatic rings. The fourth-order valence-corrected chi connectivity index (χ4v) is 2.02. The fraction of sp³-hybridized carbons (Fsp3) is 0.857. The van der Waals surface area contributed by atoms with Crippen molar-refractivity contribution < 1.29 is 0 Å². The largest absolute Gasteiger partial charge is 0.379 e. The maximum atomic E-state index is 5.60. The Morgan fingerprint density at radius 2 is 2.50 bits per heavy atom. The summed E-state index contributed by atoms with van der Waals surface area (Å²) >= 11 is 1.66. The van der Waals surface area contributed by atoms with Crippen LogP contribution in [0.2, 0.25) is 0 Å². The molecule has 0 amide bonds. The minimum atomic E-state index is 0.134. The first-order valence-corrected chi connectivity index (χ1v) is 4.63. The number of hydrogen-bond donors (Lipinski definition) is 1. The van der Waals surface area contributed by atoms with Gasteiger partial charge in [-0.15, -0.1) is 0 Å². The summed E-state index contributed by atoms with van der Waals surface area (Å²) in [4.78, 5) is 4.39. The molecule has 1 heterocycles. The Bertz CT molecular complexity index is 156. The number of thioether (sulfide) groups is 1. The van der Waals surface area contributed by atoms with Crippen LogP contribution in [-0.2, 0) is 0 Å². The zero-order valence-corrected chi connectivity index (χ0v) is 7.37. The average molecular weight is 158 g/mol. The van der Waals surface area contributed by atoms with E-state index in [1.807, 2.05) is 0 Å². The number of nitrogens with two attached hydrogens (primary N) is 1. The van der Waals surface area contributed by atoms with E-state index in [9.17, 15) is 0 Å². The second-order valence-corrected chi connectivity index (χ2v) is 4.01. The second-order valence-electron chi connectivity index (χ2n) is 2.90. The fourth-order valence-electron chi connectivity index (χ4n) is 0.986. The smallest absolute Gasteiger partial charge is 0.154 e. The van der Waals surface area contributed by atoms with Crippen LogP contribution in [-0.4, -0.2) is 16.5 Å². The van der Waals surface area contributed by atoms with E-state index in [-0.39, 0.29) is 5.54 Å². The van der Waals surface area contributed by atoms with Gasteiger partial charge in [0.05, 0.1) is 5.54 Å². The lowest BCUT2D eigenvalue weighted by molar-refractivity contribution is 0.442. The van der Waals surface area contributed by atoms with Crippen LogP contribution in [0.25, 0.3) is 0 Å². The van der Waals surface area contributed by atoms with E-state index in [0.29, 0.717) is 0 Å². The summed E-state index contributed by atoms with van der Waals surface area (Å²) in [5.74, 6) is 1.12. The number of hydrogen-bond acceptors (Lipinski definition) is 3. The normalized spacial score (nSPS) is 33.6. The standard InChI is InChI=1S/C7H14N2S/c1-3-7(2)4-5-10-6(8)9-7/h3-5H2,1-2H3,(H2,8,9). The van der Waals surface area contributed by atoms with E-state index >= 15 is 0 Å². The third-order valence-corrected chi connectivity index (χ3v) is 2.83. The van der Waals surface area contributed by atoms with Gasteiger partial charge in [0.1, 0.15) is 0 Å². The van der Waals surface area contributed by atoms with Gasteiger partial charge in [0.2, 0.25) is 0 Å². The summed E-state index contributed by atoms with van der Waals surface area (Å²) in [6.45, 7) is 4.33. The Balaban J connectivity index is 2.69. The van der Waals surface area contributed by atoms with Crippen LogP contribution in [0.5, 0.6) is 0 Å². The van der Waals surface area contributed by atoms with Crippen LogP contribution in [0.3, 0.4) is 0 Å². The van der Waals surface area contributed by atoms with Gasteiger partial charge in [0, 0.05) is 5.75 Å². The summed E-state index contributed by atoms with van der Waals surface area (Å²) in [6.07, 6.45) is 2.25. The molecule has 10 heavy (non-hydrogen) atoms. The molecule has 0 saturated heterocycles. The van der Waals surface area contributed by atoms with Crippen molar-refractivity contribution in [1.29, 1.82) is 0 Å². The summed E-state index contributed by atoms with van der Waals surface area (Å²) in [5, 5.41) is 0.760. The predicted molar refractivity (Wildman–Crippen MR) is 47.4 cm³/mol. The van der Waals surface area contributed by atoms with Crippen LogP contribution in [0.4, 0.5) is 0 Å². The van der Waals surface area contributed by atoms with Gasteiger partial charge in [-0.2, -0.15) is 0 Å². The molecule has 0 bridgehead atoms. The van der Waals surface area contributed by atoms with E-state index in [4.69, 9.17) is 5.73 Å². The molecule has 1 aliphatic heterocycles. The molecule has 0 saturated carbocycles. The van der Waals surface area contributed by atoms with Gasteiger partial charge < -0.3 is 5.73 Å². The molecule has 0 aliphatic carbocycles. The molecule has 1 atom stereocenters. The quantitative estimate of drug-likeness (QED) is 0.629. The van der Waals surface area contributed by atoms with Crippen LogP contribution in [0, 0.1) is 0 Å². The first-order chi connectivity index (χ1) is 4.66. The molecular weight excluding hydrogens is 144 g/mol. The SMILES string of the molecule is CCC1(C)CCSC(N)=N1. The molecule has 2 nitrogen and oxygen atoms in total. The Labute approximate surface area is 66.3 Å². The maximum Gasteiger partial charge on any atom is 0.154 e. The topological polar surface area (TPSA) is 38.4 Å². The van der Waals surface area contributed by atoms with Crippen molar-refractivity contribution in [1.82, 2.24) is 0 Å². The van der Waals surface area contributed by atoms with Crippen LogP contribution in [0.15, 0.2) is 4.99 Å². The van der Waals surface area contributed by atoms with Crippen molar-refractivity contribution in [3.05, 3.63) is 0 Å². The maximum absolute atomic E-state index is 5.60. The second kappa shape index (κ2) is 2.82. The minimum Gasteiger partial charge on any atom is -0.379 e.